The Balaban J connectivity index is 2.23. The van der Waals surface area contributed by atoms with Gasteiger partial charge in [-0.25, -0.2) is 9.97 Å². The zero-order chi connectivity index (χ0) is 15.5. The average molecular weight is 313 g/mol. The third-order valence-corrected chi connectivity index (χ3v) is 4.36. The van der Waals surface area contributed by atoms with Crippen LogP contribution in [0, 0.1) is 6.92 Å². The molecule has 0 aliphatic carbocycles. The Hall–Kier alpha value is -1.85. The number of ether oxygens (including phenoxy) is 1. The standard InChI is InChI=1S/C17H19N3OS/c1-4-22-15-8-6-5-7-13(15)16-19-14-9-12(2)10-18-17(14)20(16)11-21-3/h5-10H,4,11H2,1-3H3. The predicted octanol–water partition coefficient (Wildman–Crippen LogP) is 4.12. The average Bonchev–Trinajstić information content (AvgIpc) is 2.86. The normalized spacial score (nSPS) is 11.2. The van der Waals surface area contributed by atoms with Crippen LogP contribution in [-0.2, 0) is 11.5 Å². The summed E-state index contributed by atoms with van der Waals surface area (Å²) in [5.41, 5.74) is 4.00. The fraction of sp³-hybridized carbons (Fsp3) is 0.294. The third-order valence-electron chi connectivity index (χ3n) is 3.41. The molecule has 5 heteroatoms. The molecule has 0 radical (unpaired) electrons. The van der Waals surface area contributed by atoms with Crippen molar-refractivity contribution in [1.29, 1.82) is 0 Å². The second kappa shape index (κ2) is 6.50. The molecule has 4 nitrogen and oxygen atoms in total. The first-order valence-corrected chi connectivity index (χ1v) is 8.27. The lowest BCUT2D eigenvalue weighted by Gasteiger charge is -2.10. The highest BCUT2D eigenvalue weighted by Crippen LogP contribution is 2.32. The summed E-state index contributed by atoms with van der Waals surface area (Å²) in [6.07, 6.45) is 1.87. The highest BCUT2D eigenvalue weighted by molar-refractivity contribution is 7.99. The van der Waals surface area contributed by atoms with Crippen molar-refractivity contribution in [2.45, 2.75) is 25.5 Å². The van der Waals surface area contributed by atoms with Gasteiger partial charge in [0.05, 0.1) is 0 Å². The smallest absolute Gasteiger partial charge is 0.162 e. The maximum absolute atomic E-state index is 5.36. The quantitative estimate of drug-likeness (QED) is 0.664. The van der Waals surface area contributed by atoms with Crippen LogP contribution in [0.25, 0.3) is 22.6 Å². The summed E-state index contributed by atoms with van der Waals surface area (Å²) in [4.78, 5) is 10.6. The first-order chi connectivity index (χ1) is 10.7. The number of hydrogen-bond donors (Lipinski definition) is 0. The van der Waals surface area contributed by atoms with Crippen molar-refractivity contribution >= 4 is 22.9 Å². The Morgan fingerprint density at radius 2 is 2.09 bits per heavy atom. The molecule has 114 valence electrons. The molecule has 0 amide bonds. The van der Waals surface area contributed by atoms with E-state index in [0.717, 1.165) is 33.9 Å². The van der Waals surface area contributed by atoms with Crippen LogP contribution in [0.1, 0.15) is 12.5 Å². The van der Waals surface area contributed by atoms with E-state index >= 15 is 0 Å². The summed E-state index contributed by atoms with van der Waals surface area (Å²) in [6.45, 7) is 4.62. The fourth-order valence-corrected chi connectivity index (χ4v) is 3.30. The predicted molar refractivity (Wildman–Crippen MR) is 91.1 cm³/mol. The summed E-state index contributed by atoms with van der Waals surface area (Å²) in [7, 11) is 1.69. The molecule has 0 atom stereocenters. The van der Waals surface area contributed by atoms with Gasteiger partial charge in [-0.1, -0.05) is 25.1 Å². The Bertz CT molecular complexity index is 798. The van der Waals surface area contributed by atoms with Gasteiger partial charge >= 0.3 is 0 Å². The minimum atomic E-state index is 0.438. The maximum atomic E-state index is 5.36. The molecule has 0 fully saturated rings. The van der Waals surface area contributed by atoms with Gasteiger partial charge < -0.3 is 4.74 Å². The van der Waals surface area contributed by atoms with Gasteiger partial charge in [-0.05, 0) is 30.4 Å². The largest absolute Gasteiger partial charge is 0.364 e. The summed E-state index contributed by atoms with van der Waals surface area (Å²) in [5, 5.41) is 0. The Kier molecular flexibility index (Phi) is 4.45. The van der Waals surface area contributed by atoms with Crippen molar-refractivity contribution in [3.05, 3.63) is 42.1 Å². The van der Waals surface area contributed by atoms with Crippen LogP contribution in [-0.4, -0.2) is 27.4 Å². The third kappa shape index (κ3) is 2.74. The second-order valence-electron chi connectivity index (χ2n) is 5.07. The van der Waals surface area contributed by atoms with Crippen molar-refractivity contribution < 1.29 is 4.74 Å². The minimum absolute atomic E-state index is 0.438. The van der Waals surface area contributed by atoms with Crippen LogP contribution in [0.4, 0.5) is 0 Å². The van der Waals surface area contributed by atoms with Crippen LogP contribution in [0.3, 0.4) is 0 Å². The number of hydrogen-bond acceptors (Lipinski definition) is 4. The number of aromatic nitrogens is 3. The van der Waals surface area contributed by atoms with Crippen molar-refractivity contribution in [1.82, 2.24) is 14.5 Å². The van der Waals surface area contributed by atoms with Gasteiger partial charge in [0.15, 0.2) is 5.65 Å². The molecular weight excluding hydrogens is 294 g/mol. The molecule has 1 aromatic carbocycles. The van der Waals surface area contributed by atoms with Crippen molar-refractivity contribution in [2.24, 2.45) is 0 Å². The van der Waals surface area contributed by atoms with E-state index in [2.05, 4.69) is 36.2 Å². The Labute approximate surface area is 134 Å². The molecule has 0 saturated carbocycles. The Morgan fingerprint density at radius 1 is 1.27 bits per heavy atom. The number of benzene rings is 1. The monoisotopic (exact) mass is 313 g/mol. The van der Waals surface area contributed by atoms with Crippen LogP contribution >= 0.6 is 11.8 Å². The SMILES string of the molecule is CCSc1ccccc1-c1nc2cc(C)cnc2n1COC. The van der Waals surface area contributed by atoms with E-state index in [9.17, 15) is 0 Å². The van der Waals surface area contributed by atoms with E-state index in [1.165, 1.54) is 4.90 Å². The van der Waals surface area contributed by atoms with Crippen LogP contribution in [0.15, 0.2) is 41.4 Å². The molecule has 0 unspecified atom stereocenters. The molecule has 0 N–H and O–H groups in total. The summed E-state index contributed by atoms with van der Waals surface area (Å²) in [6, 6.07) is 10.4. The zero-order valence-corrected chi connectivity index (χ0v) is 13.9. The lowest BCUT2D eigenvalue weighted by Crippen LogP contribution is -2.03. The van der Waals surface area contributed by atoms with Gasteiger partial charge in [-0.3, -0.25) is 4.57 Å². The molecule has 0 spiro atoms. The van der Waals surface area contributed by atoms with Crippen molar-refractivity contribution in [3.8, 4) is 11.4 Å². The number of rotatable bonds is 5. The highest BCUT2D eigenvalue weighted by Gasteiger charge is 2.16. The molecule has 2 aromatic heterocycles. The fourth-order valence-electron chi connectivity index (χ4n) is 2.50. The van der Waals surface area contributed by atoms with Gasteiger partial charge in [0, 0.05) is 23.8 Å². The number of pyridine rings is 1. The first-order valence-electron chi connectivity index (χ1n) is 7.28. The highest BCUT2D eigenvalue weighted by atomic mass is 32.2. The van der Waals surface area contributed by atoms with E-state index in [1.54, 1.807) is 7.11 Å². The van der Waals surface area contributed by atoms with E-state index in [-0.39, 0.29) is 0 Å². The van der Waals surface area contributed by atoms with Gasteiger partial charge in [-0.2, -0.15) is 0 Å². The molecule has 0 aliphatic rings. The van der Waals surface area contributed by atoms with Gasteiger partial charge in [0.2, 0.25) is 0 Å². The summed E-state index contributed by atoms with van der Waals surface area (Å²) >= 11 is 1.82. The lowest BCUT2D eigenvalue weighted by atomic mass is 10.2. The first kappa shape index (κ1) is 15.1. The molecule has 3 rings (SSSR count). The van der Waals surface area contributed by atoms with Crippen LogP contribution in [0.2, 0.25) is 0 Å². The minimum Gasteiger partial charge on any atom is -0.364 e. The van der Waals surface area contributed by atoms with Gasteiger partial charge in [0.1, 0.15) is 18.1 Å². The van der Waals surface area contributed by atoms with E-state index < -0.39 is 0 Å². The van der Waals surface area contributed by atoms with E-state index in [0.29, 0.717) is 6.73 Å². The molecular formula is C17H19N3OS. The number of thioether (sulfide) groups is 1. The maximum Gasteiger partial charge on any atom is 0.162 e. The number of methoxy groups -OCH3 is 1. The van der Waals surface area contributed by atoms with Gasteiger partial charge in [0.25, 0.3) is 0 Å². The topological polar surface area (TPSA) is 39.9 Å². The molecule has 3 aromatic rings. The van der Waals surface area contributed by atoms with Gasteiger partial charge in [-0.15, -0.1) is 11.8 Å². The van der Waals surface area contributed by atoms with Crippen LogP contribution < -0.4 is 0 Å². The molecule has 0 aliphatic heterocycles. The summed E-state index contributed by atoms with van der Waals surface area (Å²) < 4.78 is 7.39. The van der Waals surface area contributed by atoms with Crippen molar-refractivity contribution in [2.75, 3.05) is 12.9 Å². The van der Waals surface area contributed by atoms with Crippen LogP contribution in [0.5, 0.6) is 0 Å². The Morgan fingerprint density at radius 3 is 2.86 bits per heavy atom. The number of imidazole rings is 1. The number of fused-ring (bicyclic) bond motifs is 1. The molecule has 0 saturated heterocycles. The zero-order valence-electron chi connectivity index (χ0n) is 13.0. The summed E-state index contributed by atoms with van der Waals surface area (Å²) in [5.74, 6) is 1.94. The number of nitrogens with zero attached hydrogens (tertiary/aromatic N) is 3. The van der Waals surface area contributed by atoms with Crippen molar-refractivity contribution in [3.63, 3.8) is 0 Å². The molecule has 0 bridgehead atoms. The van der Waals surface area contributed by atoms with E-state index in [1.807, 2.05) is 35.5 Å². The second-order valence-corrected chi connectivity index (χ2v) is 6.37. The van der Waals surface area contributed by atoms with E-state index in [4.69, 9.17) is 9.72 Å². The molecule has 2 heterocycles. The number of aryl methyl sites for hydroxylation is 1. The molecule has 22 heavy (non-hydrogen) atoms. The lowest BCUT2D eigenvalue weighted by molar-refractivity contribution is 0.135.